The summed E-state index contributed by atoms with van der Waals surface area (Å²) in [5, 5.41) is 20.6. The lowest BCUT2D eigenvalue weighted by atomic mass is 9.51. The van der Waals surface area contributed by atoms with Crippen LogP contribution in [0.25, 0.3) is 0 Å². The van der Waals surface area contributed by atoms with Gasteiger partial charge in [0, 0.05) is 24.0 Å². The quantitative estimate of drug-likeness (QED) is 0.299. The maximum atomic E-state index is 13.0. The first kappa shape index (κ1) is 27.3. The van der Waals surface area contributed by atoms with Crippen LogP contribution in [0.15, 0.2) is 47.6 Å². The SMILES string of the molecule is CC1=CC2OC3CC4OC(=O)/C=C/C=C/C(C(C)O)OCC(O)C(C)=CC(=O)OCC2(CC1)C4(C)C31CO1. The van der Waals surface area contributed by atoms with Crippen LogP contribution in [0.3, 0.4) is 0 Å². The summed E-state index contributed by atoms with van der Waals surface area (Å²) < 4.78 is 30.3. The van der Waals surface area contributed by atoms with Crippen molar-refractivity contribution in [2.24, 2.45) is 10.8 Å². The molecule has 208 valence electrons. The summed E-state index contributed by atoms with van der Waals surface area (Å²) >= 11 is 0. The Labute approximate surface area is 223 Å². The standard InChI is InChI=1S/C29H38O9/c1-17-9-10-28-15-35-26(33)12-18(2)20(31)14-34-21(19(3)30)7-5-6-8-25(32)38-22-13-24(37-23(28)11-17)29(16-36-29)27(22,28)4/h5-8,11-12,19-24,30-31H,9-10,13-16H2,1-4H3/b7-5+,8-6+,18-12?. The van der Waals surface area contributed by atoms with Crippen molar-refractivity contribution in [2.75, 3.05) is 19.8 Å². The molecule has 9 unspecified atom stereocenters. The summed E-state index contributed by atoms with van der Waals surface area (Å²) in [5.74, 6) is -1.08. The lowest BCUT2D eigenvalue weighted by Crippen LogP contribution is -2.66. The van der Waals surface area contributed by atoms with Crippen molar-refractivity contribution >= 4 is 11.9 Å². The lowest BCUT2D eigenvalue weighted by Gasteiger charge is -2.58. The Morgan fingerprint density at radius 3 is 2.58 bits per heavy atom. The number of ether oxygens (including phenoxy) is 5. The second-order valence-electron chi connectivity index (χ2n) is 11.6. The zero-order chi connectivity index (χ0) is 27.3. The van der Waals surface area contributed by atoms with E-state index in [0.717, 1.165) is 6.42 Å². The summed E-state index contributed by atoms with van der Waals surface area (Å²) in [6.45, 7) is 7.78. The molecule has 2 N–H and O–H groups in total. The highest BCUT2D eigenvalue weighted by molar-refractivity contribution is 5.83. The van der Waals surface area contributed by atoms with Gasteiger partial charge in [0.15, 0.2) is 0 Å². The molecule has 0 radical (unpaired) electrons. The highest BCUT2D eigenvalue weighted by Gasteiger charge is 2.83. The molecule has 3 fully saturated rings. The van der Waals surface area contributed by atoms with Crippen molar-refractivity contribution in [3.8, 4) is 0 Å². The summed E-state index contributed by atoms with van der Waals surface area (Å²) in [4.78, 5) is 25.9. The Balaban J connectivity index is 1.52. The van der Waals surface area contributed by atoms with Gasteiger partial charge in [-0.25, -0.2) is 9.59 Å². The average molecular weight is 531 g/mol. The van der Waals surface area contributed by atoms with Gasteiger partial charge >= 0.3 is 11.9 Å². The van der Waals surface area contributed by atoms with Crippen molar-refractivity contribution < 1.29 is 43.5 Å². The zero-order valence-corrected chi connectivity index (χ0v) is 22.4. The first-order valence-electron chi connectivity index (χ1n) is 13.4. The number of hydrogen-bond donors (Lipinski definition) is 2. The first-order valence-corrected chi connectivity index (χ1v) is 13.4. The second-order valence-corrected chi connectivity index (χ2v) is 11.6. The number of rotatable bonds is 1. The van der Waals surface area contributed by atoms with Gasteiger partial charge in [-0.15, -0.1) is 0 Å². The van der Waals surface area contributed by atoms with Crippen LogP contribution in [-0.2, 0) is 33.3 Å². The van der Waals surface area contributed by atoms with Gasteiger partial charge in [0.25, 0.3) is 0 Å². The second kappa shape index (κ2) is 10.0. The van der Waals surface area contributed by atoms with Gasteiger partial charge in [-0.3, -0.25) is 0 Å². The van der Waals surface area contributed by atoms with Crippen LogP contribution in [0.2, 0.25) is 0 Å². The molecule has 2 aliphatic carbocycles. The van der Waals surface area contributed by atoms with E-state index in [2.05, 4.69) is 19.9 Å². The van der Waals surface area contributed by atoms with E-state index < -0.39 is 52.8 Å². The summed E-state index contributed by atoms with van der Waals surface area (Å²) in [7, 11) is 0. The van der Waals surface area contributed by atoms with Crippen molar-refractivity contribution in [3.63, 3.8) is 0 Å². The number of carbonyl (C=O) groups is 2. The number of esters is 2. The first-order chi connectivity index (χ1) is 18.0. The number of cyclic esters (lactones) is 1. The van der Waals surface area contributed by atoms with Gasteiger partial charge in [0.1, 0.15) is 24.4 Å². The molecule has 5 rings (SSSR count). The van der Waals surface area contributed by atoms with Crippen LogP contribution in [0, 0.1) is 10.8 Å². The van der Waals surface area contributed by atoms with E-state index in [-0.39, 0.29) is 25.4 Å². The third-order valence-corrected chi connectivity index (χ3v) is 9.39. The molecule has 3 aliphatic heterocycles. The van der Waals surface area contributed by atoms with Crippen LogP contribution in [0.4, 0.5) is 0 Å². The van der Waals surface area contributed by atoms with Gasteiger partial charge in [-0.05, 0) is 39.2 Å². The molecule has 0 aromatic carbocycles. The average Bonchev–Trinajstić information content (AvgIpc) is 3.64. The molecule has 5 aliphatic rings. The Kier molecular flexibility index (Phi) is 7.19. The van der Waals surface area contributed by atoms with Crippen molar-refractivity contribution in [1.82, 2.24) is 0 Å². The molecule has 0 aromatic rings. The van der Waals surface area contributed by atoms with E-state index in [1.54, 1.807) is 32.1 Å². The van der Waals surface area contributed by atoms with Gasteiger partial charge < -0.3 is 33.9 Å². The fourth-order valence-electron chi connectivity index (χ4n) is 6.83. The Morgan fingerprint density at radius 1 is 1.11 bits per heavy atom. The fourth-order valence-corrected chi connectivity index (χ4v) is 6.83. The number of aliphatic hydroxyl groups is 2. The molecular formula is C29H38O9. The molecule has 3 heterocycles. The molecule has 0 aromatic heterocycles. The highest BCUT2D eigenvalue weighted by atomic mass is 16.6. The molecule has 9 nitrogen and oxygen atoms in total. The van der Waals surface area contributed by atoms with Crippen molar-refractivity contribution in [3.05, 3.63) is 47.6 Å². The van der Waals surface area contributed by atoms with Crippen LogP contribution < -0.4 is 0 Å². The Hall–Kier alpha value is -2.30. The van der Waals surface area contributed by atoms with Gasteiger partial charge in [0.05, 0.1) is 43.0 Å². The van der Waals surface area contributed by atoms with E-state index in [9.17, 15) is 19.8 Å². The number of epoxide rings is 1. The topological polar surface area (TPSA) is 124 Å². The molecule has 9 atom stereocenters. The summed E-state index contributed by atoms with van der Waals surface area (Å²) in [6, 6.07) is 0. The van der Waals surface area contributed by atoms with Crippen LogP contribution in [-0.4, -0.2) is 84.2 Å². The smallest absolute Gasteiger partial charge is 0.331 e. The summed E-state index contributed by atoms with van der Waals surface area (Å²) in [5.41, 5.74) is -0.328. The van der Waals surface area contributed by atoms with E-state index in [1.807, 2.05) is 0 Å². The third kappa shape index (κ3) is 4.38. The third-order valence-electron chi connectivity index (χ3n) is 9.39. The van der Waals surface area contributed by atoms with E-state index >= 15 is 0 Å². The van der Waals surface area contributed by atoms with Crippen molar-refractivity contribution in [1.29, 1.82) is 0 Å². The number of carbonyl (C=O) groups excluding carboxylic acids is 2. The molecule has 1 saturated carbocycles. The minimum Gasteiger partial charge on any atom is -0.462 e. The number of aliphatic hydroxyl groups excluding tert-OH is 2. The molecule has 2 spiro atoms. The van der Waals surface area contributed by atoms with Gasteiger partial charge in [0.2, 0.25) is 0 Å². The van der Waals surface area contributed by atoms with E-state index in [4.69, 9.17) is 23.7 Å². The normalized spacial score (nSPS) is 45.9. The zero-order valence-electron chi connectivity index (χ0n) is 22.4. The van der Waals surface area contributed by atoms with Gasteiger partial charge in [-0.2, -0.15) is 0 Å². The number of allylic oxidation sites excluding steroid dienone is 3. The Morgan fingerprint density at radius 2 is 1.87 bits per heavy atom. The lowest BCUT2D eigenvalue weighted by molar-refractivity contribution is -0.232. The van der Waals surface area contributed by atoms with Crippen LogP contribution >= 0.6 is 0 Å². The number of hydrogen-bond acceptors (Lipinski definition) is 9. The van der Waals surface area contributed by atoms with E-state index in [0.29, 0.717) is 25.0 Å². The van der Waals surface area contributed by atoms with Crippen molar-refractivity contribution in [2.45, 2.75) is 89.2 Å². The summed E-state index contributed by atoms with van der Waals surface area (Å²) in [6.07, 6.45) is 7.74. The predicted molar refractivity (Wildman–Crippen MR) is 136 cm³/mol. The van der Waals surface area contributed by atoms with E-state index in [1.165, 1.54) is 17.7 Å². The maximum absolute atomic E-state index is 13.0. The highest BCUT2D eigenvalue weighted by Crippen LogP contribution is 2.72. The fraction of sp³-hybridized carbons (Fsp3) is 0.655. The molecular weight excluding hydrogens is 492 g/mol. The molecule has 2 saturated heterocycles. The maximum Gasteiger partial charge on any atom is 0.331 e. The molecule has 9 heteroatoms. The molecule has 0 amide bonds. The Bertz CT molecular complexity index is 1080. The monoisotopic (exact) mass is 530 g/mol. The molecule has 38 heavy (non-hydrogen) atoms. The largest absolute Gasteiger partial charge is 0.462 e. The molecule has 2 bridgehead atoms. The minimum absolute atomic E-state index is 0.0573. The van der Waals surface area contributed by atoms with Crippen LogP contribution in [0.5, 0.6) is 0 Å². The predicted octanol–water partition coefficient (Wildman–Crippen LogP) is 2.31. The minimum atomic E-state index is -1.06. The van der Waals surface area contributed by atoms with Crippen LogP contribution in [0.1, 0.15) is 47.0 Å². The van der Waals surface area contributed by atoms with Gasteiger partial charge in [-0.1, -0.05) is 36.8 Å².